The second-order valence-electron chi connectivity index (χ2n) is 5.22. The van der Waals surface area contributed by atoms with Gasteiger partial charge >= 0.3 is 0 Å². The molecular weight excluding hydrogens is 232 g/mol. The molecule has 0 saturated carbocycles. The first-order valence-corrected chi connectivity index (χ1v) is 6.73. The van der Waals surface area contributed by atoms with Gasteiger partial charge in [0, 0.05) is 19.2 Å². The number of hydrogen-bond acceptors (Lipinski definition) is 4. The molecule has 1 fully saturated rings. The van der Waals surface area contributed by atoms with Crippen LogP contribution in [0.15, 0.2) is 0 Å². The van der Waals surface area contributed by atoms with Crippen LogP contribution < -0.4 is 10.6 Å². The van der Waals surface area contributed by atoms with Crippen LogP contribution in [0.25, 0.3) is 0 Å². The monoisotopic (exact) mass is 258 g/mol. The molecule has 1 rings (SSSR count). The lowest BCUT2D eigenvalue weighted by atomic mass is 10.0. The van der Waals surface area contributed by atoms with E-state index in [9.17, 15) is 4.79 Å². The average molecular weight is 258 g/mol. The van der Waals surface area contributed by atoms with E-state index < -0.39 is 0 Å². The highest BCUT2D eigenvalue weighted by atomic mass is 16.5. The third kappa shape index (κ3) is 4.55. The summed E-state index contributed by atoms with van der Waals surface area (Å²) < 4.78 is 10.9. The second-order valence-corrected chi connectivity index (χ2v) is 5.22. The van der Waals surface area contributed by atoms with Crippen LogP contribution >= 0.6 is 0 Å². The molecule has 0 aromatic heterocycles. The Morgan fingerprint density at radius 2 is 2.11 bits per heavy atom. The quantitative estimate of drug-likeness (QED) is 0.700. The van der Waals surface area contributed by atoms with E-state index in [1.807, 2.05) is 27.7 Å². The van der Waals surface area contributed by atoms with Crippen LogP contribution in [0.2, 0.25) is 0 Å². The Balaban J connectivity index is 2.40. The predicted octanol–water partition coefficient (Wildman–Crippen LogP) is 0.542. The fourth-order valence-electron chi connectivity index (χ4n) is 2.15. The topological polar surface area (TPSA) is 59.6 Å². The Morgan fingerprint density at radius 3 is 2.72 bits per heavy atom. The highest BCUT2D eigenvalue weighted by Gasteiger charge is 2.34. The molecule has 18 heavy (non-hydrogen) atoms. The molecule has 0 spiro atoms. The molecule has 2 N–H and O–H groups in total. The summed E-state index contributed by atoms with van der Waals surface area (Å²) in [6.45, 7) is 11.1. The van der Waals surface area contributed by atoms with E-state index in [0.717, 1.165) is 6.54 Å². The molecule has 5 heteroatoms. The van der Waals surface area contributed by atoms with E-state index in [1.165, 1.54) is 0 Å². The molecule has 5 nitrogen and oxygen atoms in total. The summed E-state index contributed by atoms with van der Waals surface area (Å²) in [5.41, 5.74) is -0.322. The van der Waals surface area contributed by atoms with Crippen molar-refractivity contribution >= 4 is 5.91 Å². The number of likely N-dealkylation sites (N-methyl/N-ethyl adjacent to an activating group) is 1. The lowest BCUT2D eigenvalue weighted by Gasteiger charge is -2.26. The maximum Gasteiger partial charge on any atom is 0.227 e. The standard InChI is InChI=1S/C13H26N2O3/c1-5-14-11-8-17-7-10(11)12(16)15-9-13(3,4)18-6-2/h10-11,14H,5-9H2,1-4H3,(H,15,16). The van der Waals surface area contributed by atoms with Crippen molar-refractivity contribution in [3.63, 3.8) is 0 Å². The van der Waals surface area contributed by atoms with Gasteiger partial charge in [-0.1, -0.05) is 6.92 Å². The molecule has 0 aromatic carbocycles. The van der Waals surface area contributed by atoms with Crippen molar-refractivity contribution in [2.45, 2.75) is 39.3 Å². The highest BCUT2D eigenvalue weighted by Crippen LogP contribution is 2.14. The van der Waals surface area contributed by atoms with Gasteiger partial charge in [0.25, 0.3) is 0 Å². The van der Waals surface area contributed by atoms with Gasteiger partial charge in [-0.2, -0.15) is 0 Å². The van der Waals surface area contributed by atoms with Crippen molar-refractivity contribution < 1.29 is 14.3 Å². The Bertz CT molecular complexity index is 269. The Morgan fingerprint density at radius 1 is 1.39 bits per heavy atom. The minimum absolute atomic E-state index is 0.0474. The van der Waals surface area contributed by atoms with Crippen molar-refractivity contribution in [1.82, 2.24) is 10.6 Å². The molecule has 0 aromatic rings. The van der Waals surface area contributed by atoms with E-state index >= 15 is 0 Å². The van der Waals surface area contributed by atoms with Gasteiger partial charge in [0.2, 0.25) is 5.91 Å². The first kappa shape index (κ1) is 15.4. The van der Waals surface area contributed by atoms with Gasteiger partial charge in [-0.25, -0.2) is 0 Å². The molecule has 1 aliphatic heterocycles. The van der Waals surface area contributed by atoms with Gasteiger partial charge in [-0.3, -0.25) is 4.79 Å². The molecular formula is C13H26N2O3. The number of carbonyl (C=O) groups is 1. The number of rotatable bonds is 7. The van der Waals surface area contributed by atoms with Crippen LogP contribution in [0.4, 0.5) is 0 Å². The SMILES string of the molecule is CCNC1COCC1C(=O)NCC(C)(C)OCC. The molecule has 1 saturated heterocycles. The molecule has 2 unspecified atom stereocenters. The minimum Gasteiger partial charge on any atom is -0.379 e. The number of amides is 1. The largest absolute Gasteiger partial charge is 0.379 e. The predicted molar refractivity (Wildman–Crippen MR) is 70.5 cm³/mol. The molecule has 0 aliphatic carbocycles. The Kier molecular flexibility index (Phi) is 6.05. The zero-order chi connectivity index (χ0) is 13.6. The number of nitrogens with one attached hydrogen (secondary N) is 2. The highest BCUT2D eigenvalue weighted by molar-refractivity contribution is 5.79. The zero-order valence-corrected chi connectivity index (χ0v) is 11.9. The fraction of sp³-hybridized carbons (Fsp3) is 0.923. The molecule has 1 amide bonds. The van der Waals surface area contributed by atoms with Crippen LogP contribution in [-0.4, -0.2) is 50.5 Å². The van der Waals surface area contributed by atoms with Crippen LogP contribution in [0.3, 0.4) is 0 Å². The van der Waals surface area contributed by atoms with E-state index in [4.69, 9.17) is 9.47 Å². The molecule has 1 heterocycles. The Hall–Kier alpha value is -0.650. The fourth-order valence-corrected chi connectivity index (χ4v) is 2.15. The Labute approximate surface area is 110 Å². The van der Waals surface area contributed by atoms with Crippen molar-refractivity contribution in [3.8, 4) is 0 Å². The second kappa shape index (κ2) is 7.07. The van der Waals surface area contributed by atoms with Gasteiger partial charge in [0.15, 0.2) is 0 Å². The molecule has 2 atom stereocenters. The lowest BCUT2D eigenvalue weighted by molar-refractivity contribution is -0.127. The summed E-state index contributed by atoms with van der Waals surface area (Å²) in [5.74, 6) is -0.0476. The van der Waals surface area contributed by atoms with Gasteiger partial charge in [0.05, 0.1) is 24.7 Å². The van der Waals surface area contributed by atoms with Crippen LogP contribution in [0, 0.1) is 5.92 Å². The lowest BCUT2D eigenvalue weighted by Crippen LogP contribution is -2.47. The van der Waals surface area contributed by atoms with Gasteiger partial charge in [0.1, 0.15) is 0 Å². The summed E-state index contributed by atoms with van der Waals surface area (Å²) in [7, 11) is 0. The summed E-state index contributed by atoms with van der Waals surface area (Å²) in [4.78, 5) is 12.1. The van der Waals surface area contributed by atoms with Crippen LogP contribution in [0.5, 0.6) is 0 Å². The van der Waals surface area contributed by atoms with Gasteiger partial charge in [-0.15, -0.1) is 0 Å². The van der Waals surface area contributed by atoms with Gasteiger partial charge < -0.3 is 20.1 Å². The maximum absolute atomic E-state index is 12.1. The third-order valence-corrected chi connectivity index (χ3v) is 3.11. The molecule has 1 aliphatic rings. The summed E-state index contributed by atoms with van der Waals surface area (Å²) >= 11 is 0. The summed E-state index contributed by atoms with van der Waals surface area (Å²) in [6.07, 6.45) is 0. The number of carbonyl (C=O) groups excluding carboxylic acids is 1. The van der Waals surface area contributed by atoms with Crippen molar-refractivity contribution in [1.29, 1.82) is 0 Å². The summed E-state index contributed by atoms with van der Waals surface area (Å²) in [6, 6.07) is 0.130. The first-order valence-electron chi connectivity index (χ1n) is 6.73. The normalized spacial score (nSPS) is 24.2. The van der Waals surface area contributed by atoms with Crippen LogP contribution in [-0.2, 0) is 14.3 Å². The minimum atomic E-state index is -0.322. The molecule has 0 bridgehead atoms. The number of hydrogen-bond donors (Lipinski definition) is 2. The number of ether oxygens (including phenoxy) is 2. The van der Waals surface area contributed by atoms with Crippen molar-refractivity contribution in [2.24, 2.45) is 5.92 Å². The van der Waals surface area contributed by atoms with E-state index in [-0.39, 0.29) is 23.5 Å². The first-order chi connectivity index (χ1) is 8.50. The van der Waals surface area contributed by atoms with E-state index in [0.29, 0.717) is 26.4 Å². The van der Waals surface area contributed by atoms with Gasteiger partial charge in [-0.05, 0) is 27.3 Å². The summed E-state index contributed by atoms with van der Waals surface area (Å²) in [5, 5.41) is 6.23. The van der Waals surface area contributed by atoms with E-state index in [2.05, 4.69) is 10.6 Å². The smallest absolute Gasteiger partial charge is 0.227 e. The van der Waals surface area contributed by atoms with Crippen LogP contribution in [0.1, 0.15) is 27.7 Å². The van der Waals surface area contributed by atoms with Crippen molar-refractivity contribution in [3.05, 3.63) is 0 Å². The molecule has 0 radical (unpaired) electrons. The van der Waals surface area contributed by atoms with E-state index in [1.54, 1.807) is 0 Å². The zero-order valence-electron chi connectivity index (χ0n) is 11.9. The molecule has 106 valence electrons. The average Bonchev–Trinajstić information content (AvgIpc) is 2.75. The van der Waals surface area contributed by atoms with Crippen molar-refractivity contribution in [2.75, 3.05) is 32.9 Å². The third-order valence-electron chi connectivity index (χ3n) is 3.11. The maximum atomic E-state index is 12.1.